The molecule has 3 aromatic rings. The topological polar surface area (TPSA) is 55.3 Å². The van der Waals surface area contributed by atoms with Crippen LogP contribution in [-0.2, 0) is 19.6 Å². The van der Waals surface area contributed by atoms with Crippen molar-refractivity contribution in [1.82, 2.24) is 25.3 Å². The Morgan fingerprint density at radius 3 is 2.26 bits per heavy atom. The van der Waals surface area contributed by atoms with E-state index in [1.54, 1.807) is 11.0 Å². The zero-order valence-electron chi connectivity index (χ0n) is 28.2. The molecule has 46 heavy (non-hydrogen) atoms. The maximum absolute atomic E-state index is 14.9. The number of carbonyl (C=O) groups excluding carboxylic acids is 1. The van der Waals surface area contributed by atoms with Gasteiger partial charge in [0.1, 0.15) is 5.82 Å². The number of quaternary nitrogens is 1. The van der Waals surface area contributed by atoms with Gasteiger partial charge >= 0.3 is 0 Å². The van der Waals surface area contributed by atoms with Crippen LogP contribution >= 0.6 is 0 Å². The third kappa shape index (κ3) is 10.2. The zero-order chi connectivity index (χ0) is 32.3. The lowest BCUT2D eigenvalue weighted by atomic mass is 10.00. The molecule has 3 saturated heterocycles. The fraction of sp³-hybridized carbons (Fsp3) is 0.500. The van der Waals surface area contributed by atoms with Gasteiger partial charge in [-0.15, -0.1) is 0 Å². The van der Waals surface area contributed by atoms with Crippen LogP contribution in [0.5, 0.6) is 0 Å². The summed E-state index contributed by atoms with van der Waals surface area (Å²) in [5, 5.41) is 6.51. The van der Waals surface area contributed by atoms with E-state index in [2.05, 4.69) is 64.4 Å². The van der Waals surface area contributed by atoms with Gasteiger partial charge < -0.3 is 20.4 Å². The molecule has 3 fully saturated rings. The summed E-state index contributed by atoms with van der Waals surface area (Å²) < 4.78 is 14.9. The van der Waals surface area contributed by atoms with Gasteiger partial charge in [-0.3, -0.25) is 14.6 Å². The highest BCUT2D eigenvalue weighted by Gasteiger charge is 2.18. The van der Waals surface area contributed by atoms with Crippen molar-refractivity contribution < 1.29 is 14.1 Å². The first kappa shape index (κ1) is 34.2. The van der Waals surface area contributed by atoms with Crippen LogP contribution in [0.4, 0.5) is 4.39 Å². The molecule has 1 unspecified atom stereocenters. The lowest BCUT2D eigenvalue weighted by Crippen LogP contribution is -3.06. The standard InChI is InChI=1S/C33H42FN5O.C5H11N/c1-3-37-14-16-38(17-15-37)23-28-7-5-9-30(19-28)33(40)36-21-26-10-11-32(34)31(20-26)29-8-4-6-27(18-29)24-39-13-12-35-25(2)22-39;1-6-4-2-3-5-6/h4-11,18-20,25,35H,3,12-17,21-24H2,1-2H3,(H,36,40);2-5H2,1H3/p+1. The molecule has 0 aromatic heterocycles. The number of nitrogens with one attached hydrogen (secondary N) is 3. The highest BCUT2D eigenvalue weighted by Crippen LogP contribution is 2.26. The minimum absolute atomic E-state index is 0.115. The first-order chi connectivity index (χ1) is 22.4. The van der Waals surface area contributed by atoms with Gasteiger partial charge in [0.05, 0.1) is 20.1 Å². The van der Waals surface area contributed by atoms with Gasteiger partial charge in [-0.05, 0) is 66.1 Å². The number of benzene rings is 3. The number of likely N-dealkylation sites (N-methyl/N-ethyl adjacent to an activating group) is 1. The van der Waals surface area contributed by atoms with Gasteiger partial charge in [-0.25, -0.2) is 4.39 Å². The second-order valence-electron chi connectivity index (χ2n) is 13.4. The number of halogens is 1. The normalized spacial score (nSPS) is 19.9. The van der Waals surface area contributed by atoms with Crippen molar-refractivity contribution in [3.05, 3.63) is 94.8 Å². The Bertz CT molecular complexity index is 1400. The van der Waals surface area contributed by atoms with Crippen molar-refractivity contribution >= 4 is 5.91 Å². The molecule has 6 rings (SSSR count). The van der Waals surface area contributed by atoms with Crippen molar-refractivity contribution in [1.29, 1.82) is 0 Å². The van der Waals surface area contributed by atoms with E-state index >= 15 is 0 Å². The first-order valence-electron chi connectivity index (χ1n) is 17.3. The zero-order valence-corrected chi connectivity index (χ0v) is 28.2. The number of likely N-dealkylation sites (tertiary alicyclic amines) is 1. The van der Waals surface area contributed by atoms with E-state index < -0.39 is 0 Å². The molecule has 3 aliphatic rings. The number of hydrogen-bond acceptors (Lipinski definition) is 5. The van der Waals surface area contributed by atoms with Crippen molar-refractivity contribution in [2.24, 2.45) is 0 Å². The Balaban J connectivity index is 0.000000624. The summed E-state index contributed by atoms with van der Waals surface area (Å²) in [6, 6.07) is 21.6. The molecule has 248 valence electrons. The van der Waals surface area contributed by atoms with E-state index in [9.17, 15) is 9.18 Å². The third-order valence-electron chi connectivity index (χ3n) is 9.55. The van der Waals surface area contributed by atoms with Crippen LogP contribution < -0.4 is 15.5 Å². The van der Waals surface area contributed by atoms with Gasteiger partial charge in [-0.2, -0.15) is 0 Å². The Morgan fingerprint density at radius 1 is 0.870 bits per heavy atom. The Kier molecular flexibility index (Phi) is 12.7. The molecule has 3 aliphatic heterocycles. The predicted molar refractivity (Wildman–Crippen MR) is 185 cm³/mol. The minimum atomic E-state index is -0.254. The van der Waals surface area contributed by atoms with Crippen LogP contribution in [0, 0.1) is 5.82 Å². The van der Waals surface area contributed by atoms with Crippen molar-refractivity contribution in [2.75, 3.05) is 72.5 Å². The number of carbonyl (C=O) groups is 1. The number of hydrogen-bond donors (Lipinski definition) is 3. The van der Waals surface area contributed by atoms with Crippen LogP contribution in [0.2, 0.25) is 0 Å². The number of rotatable bonds is 9. The molecule has 1 amide bonds. The smallest absolute Gasteiger partial charge is 0.251 e. The van der Waals surface area contributed by atoms with E-state index in [0.29, 0.717) is 23.7 Å². The molecule has 3 N–H and O–H groups in total. The molecule has 0 saturated carbocycles. The number of amides is 1. The van der Waals surface area contributed by atoms with Crippen molar-refractivity contribution in [2.45, 2.75) is 52.4 Å². The lowest BCUT2D eigenvalue weighted by Gasteiger charge is -2.34. The van der Waals surface area contributed by atoms with Crippen LogP contribution in [0.25, 0.3) is 11.1 Å². The minimum Gasteiger partial charge on any atom is -0.348 e. The highest BCUT2D eigenvalue weighted by atomic mass is 19.1. The molecule has 3 aromatic carbocycles. The number of piperazine rings is 2. The first-order valence-corrected chi connectivity index (χ1v) is 17.3. The van der Waals surface area contributed by atoms with E-state index in [1.165, 1.54) is 37.6 Å². The van der Waals surface area contributed by atoms with E-state index in [4.69, 9.17) is 0 Å². The fourth-order valence-corrected chi connectivity index (χ4v) is 6.75. The SMILES string of the molecule is CCN1CCN(Cc2cccc(C(=O)NCc3ccc(F)c(-c4cccc(CN5CCNC(C)C5)c4)c3)c2)CC1.C[NH+]1CCCC1. The Labute approximate surface area is 275 Å². The molecule has 0 radical (unpaired) electrons. The number of nitrogens with zero attached hydrogens (tertiary/aromatic N) is 3. The second kappa shape index (κ2) is 17.1. The summed E-state index contributed by atoms with van der Waals surface area (Å²) in [5.74, 6) is -0.369. The quantitative estimate of drug-likeness (QED) is 0.338. The monoisotopic (exact) mass is 629 g/mol. The summed E-state index contributed by atoms with van der Waals surface area (Å²) in [4.78, 5) is 22.1. The largest absolute Gasteiger partial charge is 0.348 e. The molecular formula is C38H54FN6O+. The van der Waals surface area contributed by atoms with Crippen molar-refractivity contribution in [3.63, 3.8) is 0 Å². The van der Waals surface area contributed by atoms with Crippen LogP contribution in [-0.4, -0.2) is 99.1 Å². The van der Waals surface area contributed by atoms with Gasteiger partial charge in [0.25, 0.3) is 5.91 Å². The molecule has 1 atom stereocenters. The summed E-state index contributed by atoms with van der Waals surface area (Å²) in [7, 11) is 2.26. The molecule has 7 nitrogen and oxygen atoms in total. The Hall–Kier alpha value is -3.14. The summed E-state index contributed by atoms with van der Waals surface area (Å²) in [6.45, 7) is 17.7. The van der Waals surface area contributed by atoms with Crippen LogP contribution in [0.3, 0.4) is 0 Å². The second-order valence-corrected chi connectivity index (χ2v) is 13.4. The fourth-order valence-electron chi connectivity index (χ4n) is 6.75. The molecular weight excluding hydrogens is 575 g/mol. The molecule has 3 heterocycles. The van der Waals surface area contributed by atoms with E-state index in [0.717, 1.165) is 82.1 Å². The molecule has 0 aliphatic carbocycles. The maximum Gasteiger partial charge on any atom is 0.251 e. The van der Waals surface area contributed by atoms with Crippen LogP contribution in [0.1, 0.15) is 53.7 Å². The maximum atomic E-state index is 14.9. The van der Waals surface area contributed by atoms with E-state index in [-0.39, 0.29) is 11.7 Å². The summed E-state index contributed by atoms with van der Waals surface area (Å²) >= 11 is 0. The van der Waals surface area contributed by atoms with Gasteiger partial charge in [-0.1, -0.05) is 43.3 Å². The Morgan fingerprint density at radius 2 is 1.57 bits per heavy atom. The highest BCUT2D eigenvalue weighted by molar-refractivity contribution is 5.94. The van der Waals surface area contributed by atoms with Gasteiger partial charge in [0.2, 0.25) is 0 Å². The summed E-state index contributed by atoms with van der Waals surface area (Å²) in [6.07, 6.45) is 2.90. The van der Waals surface area contributed by atoms with Gasteiger partial charge in [0, 0.05) is 95.5 Å². The lowest BCUT2D eigenvalue weighted by molar-refractivity contribution is -0.866. The van der Waals surface area contributed by atoms with E-state index in [1.807, 2.05) is 36.4 Å². The van der Waals surface area contributed by atoms with Crippen molar-refractivity contribution in [3.8, 4) is 11.1 Å². The molecule has 0 spiro atoms. The van der Waals surface area contributed by atoms with Crippen LogP contribution in [0.15, 0.2) is 66.7 Å². The summed E-state index contributed by atoms with van der Waals surface area (Å²) in [5.41, 5.74) is 5.28. The predicted octanol–water partition coefficient (Wildman–Crippen LogP) is 3.65. The average Bonchev–Trinajstić information content (AvgIpc) is 3.56. The average molecular weight is 630 g/mol. The molecule has 8 heteroatoms. The molecule has 0 bridgehead atoms. The van der Waals surface area contributed by atoms with Gasteiger partial charge in [0.15, 0.2) is 0 Å². The third-order valence-corrected chi connectivity index (χ3v) is 9.55.